The molecule has 1 aliphatic carbocycles. The second kappa shape index (κ2) is 8.02. The molecule has 0 saturated heterocycles. The summed E-state index contributed by atoms with van der Waals surface area (Å²) < 4.78 is 10.9. The van der Waals surface area contributed by atoms with Gasteiger partial charge in [0.25, 0.3) is 0 Å². The summed E-state index contributed by atoms with van der Waals surface area (Å²) >= 11 is 0. The lowest BCUT2D eigenvalue weighted by molar-refractivity contribution is -0.144. The number of aromatic amines is 1. The molecule has 0 radical (unpaired) electrons. The topological polar surface area (TPSA) is 77.3 Å². The van der Waals surface area contributed by atoms with Crippen LogP contribution in [0.2, 0.25) is 0 Å². The monoisotopic (exact) mass is 358 g/mol. The first kappa shape index (κ1) is 18.6. The maximum absolute atomic E-state index is 11.7. The van der Waals surface area contributed by atoms with Gasteiger partial charge in [0, 0.05) is 29.1 Å². The number of aromatic nitrogens is 1. The van der Waals surface area contributed by atoms with Gasteiger partial charge in [0.15, 0.2) is 0 Å². The molecule has 1 aromatic carbocycles. The van der Waals surface area contributed by atoms with E-state index < -0.39 is 0 Å². The number of carbonyl (C=O) groups excluding carboxylic acids is 1. The van der Waals surface area contributed by atoms with Crippen LogP contribution in [0.4, 0.5) is 5.69 Å². The number of anilines is 1. The molecular weight excluding hydrogens is 328 g/mol. The van der Waals surface area contributed by atoms with Gasteiger partial charge in [0.05, 0.1) is 18.4 Å². The number of H-pyrrole nitrogens is 1. The Balaban J connectivity index is 1.67. The van der Waals surface area contributed by atoms with Crippen molar-refractivity contribution in [1.82, 2.24) is 4.98 Å². The minimum absolute atomic E-state index is 0.0604. The van der Waals surface area contributed by atoms with Gasteiger partial charge in [0.2, 0.25) is 0 Å². The largest absolute Gasteiger partial charge is 0.489 e. The van der Waals surface area contributed by atoms with E-state index in [0.717, 1.165) is 42.3 Å². The highest BCUT2D eigenvalue weighted by atomic mass is 16.5. The number of carbonyl (C=O) groups is 1. The summed E-state index contributed by atoms with van der Waals surface area (Å²) in [7, 11) is 0. The molecule has 0 atom stereocenters. The van der Waals surface area contributed by atoms with Crippen LogP contribution in [0.1, 0.15) is 64.5 Å². The number of nitrogens with one attached hydrogen (secondary N) is 1. The van der Waals surface area contributed by atoms with Crippen molar-refractivity contribution in [2.24, 2.45) is 5.92 Å². The minimum Gasteiger partial charge on any atom is -0.489 e. The van der Waals surface area contributed by atoms with E-state index in [4.69, 9.17) is 15.2 Å². The molecule has 1 fully saturated rings. The maximum Gasteiger partial charge on any atom is 0.306 e. The van der Waals surface area contributed by atoms with Crippen LogP contribution in [0.5, 0.6) is 5.75 Å². The van der Waals surface area contributed by atoms with E-state index >= 15 is 0 Å². The molecule has 2 aromatic rings. The van der Waals surface area contributed by atoms with Crippen molar-refractivity contribution in [2.45, 2.75) is 64.9 Å². The zero-order chi connectivity index (χ0) is 18.7. The molecule has 5 heteroatoms. The molecule has 0 amide bonds. The zero-order valence-corrected chi connectivity index (χ0v) is 16.0. The number of rotatable bonds is 6. The summed E-state index contributed by atoms with van der Waals surface area (Å²) in [6, 6.07) is 6.20. The molecule has 0 unspecified atom stereocenters. The number of nitrogens with two attached hydrogens (primary N) is 1. The Kier molecular flexibility index (Phi) is 5.74. The van der Waals surface area contributed by atoms with E-state index in [1.165, 1.54) is 5.69 Å². The molecule has 3 rings (SSSR count). The first-order valence-electron chi connectivity index (χ1n) is 9.70. The van der Waals surface area contributed by atoms with Crippen LogP contribution < -0.4 is 10.5 Å². The van der Waals surface area contributed by atoms with Crippen molar-refractivity contribution in [3.63, 3.8) is 0 Å². The number of nitrogen functional groups attached to an aromatic ring is 1. The molecule has 1 heterocycles. The van der Waals surface area contributed by atoms with Crippen molar-refractivity contribution in [3.05, 3.63) is 23.9 Å². The van der Waals surface area contributed by atoms with Crippen molar-refractivity contribution in [2.75, 3.05) is 12.3 Å². The Morgan fingerprint density at radius 1 is 1.23 bits per heavy atom. The molecular formula is C21H30N2O3. The van der Waals surface area contributed by atoms with Crippen molar-refractivity contribution in [1.29, 1.82) is 0 Å². The first-order valence-corrected chi connectivity index (χ1v) is 9.70. The highest BCUT2D eigenvalue weighted by Gasteiger charge is 2.25. The standard InChI is InChI=1S/C21H30N2O3/c1-4-25-21(24)9-14-5-7-15(8-6-14)18-11-16-10-17(22)20(26-13(2)3)12-19(16)23-18/h10-15,23H,4-9,22H2,1-3H3. The fourth-order valence-electron chi connectivity index (χ4n) is 3.91. The summed E-state index contributed by atoms with van der Waals surface area (Å²) in [5.74, 6) is 1.64. The highest BCUT2D eigenvalue weighted by molar-refractivity contribution is 5.86. The number of ether oxygens (including phenoxy) is 2. The van der Waals surface area contributed by atoms with Crippen molar-refractivity contribution < 1.29 is 14.3 Å². The molecule has 1 aromatic heterocycles. The summed E-state index contributed by atoms with van der Waals surface area (Å²) in [6.07, 6.45) is 4.99. The average molecular weight is 358 g/mol. The second-order valence-corrected chi connectivity index (χ2v) is 7.60. The Bertz CT molecular complexity index is 758. The number of benzene rings is 1. The molecule has 0 bridgehead atoms. The van der Waals surface area contributed by atoms with Gasteiger partial charge < -0.3 is 20.2 Å². The average Bonchev–Trinajstić information content (AvgIpc) is 2.98. The van der Waals surface area contributed by atoms with Crippen LogP contribution in [-0.4, -0.2) is 23.7 Å². The predicted octanol–water partition coefficient (Wildman–Crippen LogP) is 4.76. The smallest absolute Gasteiger partial charge is 0.306 e. The molecule has 26 heavy (non-hydrogen) atoms. The Morgan fingerprint density at radius 3 is 2.62 bits per heavy atom. The van der Waals surface area contributed by atoms with Gasteiger partial charge in [-0.3, -0.25) is 4.79 Å². The quantitative estimate of drug-likeness (QED) is 0.576. The Morgan fingerprint density at radius 2 is 1.96 bits per heavy atom. The maximum atomic E-state index is 11.7. The molecule has 3 N–H and O–H groups in total. The minimum atomic E-state index is -0.0604. The van der Waals surface area contributed by atoms with Gasteiger partial charge in [-0.2, -0.15) is 0 Å². The van der Waals surface area contributed by atoms with Crippen LogP contribution in [0.3, 0.4) is 0 Å². The van der Waals surface area contributed by atoms with E-state index in [2.05, 4.69) is 11.1 Å². The van der Waals surface area contributed by atoms with Crippen LogP contribution in [0, 0.1) is 5.92 Å². The van der Waals surface area contributed by atoms with Crippen molar-refractivity contribution in [3.8, 4) is 5.75 Å². The molecule has 5 nitrogen and oxygen atoms in total. The van der Waals surface area contributed by atoms with E-state index in [-0.39, 0.29) is 12.1 Å². The molecule has 0 spiro atoms. The van der Waals surface area contributed by atoms with Crippen LogP contribution in [0.25, 0.3) is 10.9 Å². The summed E-state index contributed by atoms with van der Waals surface area (Å²) in [6.45, 7) is 6.32. The highest BCUT2D eigenvalue weighted by Crippen LogP contribution is 2.39. The Hall–Kier alpha value is -2.17. The number of hydrogen-bond acceptors (Lipinski definition) is 4. The third kappa shape index (κ3) is 4.32. The fraction of sp³-hybridized carbons (Fsp3) is 0.571. The summed E-state index contributed by atoms with van der Waals surface area (Å²) in [5.41, 5.74) is 9.13. The molecule has 1 aliphatic rings. The SMILES string of the molecule is CCOC(=O)CC1CCC(c2cc3cc(N)c(OC(C)C)cc3[nH]2)CC1. The van der Waals surface area contributed by atoms with E-state index in [1.54, 1.807) is 0 Å². The van der Waals surface area contributed by atoms with Gasteiger partial charge >= 0.3 is 5.97 Å². The molecule has 142 valence electrons. The van der Waals surface area contributed by atoms with Gasteiger partial charge in [0.1, 0.15) is 5.75 Å². The number of esters is 1. The Labute approximate surface area is 155 Å². The first-order chi connectivity index (χ1) is 12.5. The zero-order valence-electron chi connectivity index (χ0n) is 16.0. The van der Waals surface area contributed by atoms with Gasteiger partial charge in [-0.25, -0.2) is 0 Å². The third-order valence-electron chi connectivity index (χ3n) is 5.18. The van der Waals surface area contributed by atoms with Crippen LogP contribution in [-0.2, 0) is 9.53 Å². The van der Waals surface area contributed by atoms with Gasteiger partial charge in [-0.15, -0.1) is 0 Å². The normalized spacial score (nSPS) is 20.5. The third-order valence-corrected chi connectivity index (χ3v) is 5.18. The molecule has 1 saturated carbocycles. The summed E-state index contributed by atoms with van der Waals surface area (Å²) in [4.78, 5) is 15.2. The lowest BCUT2D eigenvalue weighted by atomic mass is 9.79. The van der Waals surface area contributed by atoms with E-state index in [9.17, 15) is 4.79 Å². The molecule has 0 aliphatic heterocycles. The lowest BCUT2D eigenvalue weighted by Gasteiger charge is -2.27. The van der Waals surface area contributed by atoms with Crippen LogP contribution >= 0.6 is 0 Å². The summed E-state index contributed by atoms with van der Waals surface area (Å²) in [5, 5.41) is 1.13. The predicted molar refractivity (Wildman–Crippen MR) is 104 cm³/mol. The van der Waals surface area contributed by atoms with E-state index in [1.807, 2.05) is 32.9 Å². The van der Waals surface area contributed by atoms with Gasteiger partial charge in [-0.1, -0.05) is 0 Å². The number of hydrogen-bond donors (Lipinski definition) is 2. The number of fused-ring (bicyclic) bond motifs is 1. The van der Waals surface area contributed by atoms with Crippen molar-refractivity contribution >= 4 is 22.6 Å². The van der Waals surface area contributed by atoms with Crippen LogP contribution in [0.15, 0.2) is 18.2 Å². The second-order valence-electron chi connectivity index (χ2n) is 7.60. The lowest BCUT2D eigenvalue weighted by Crippen LogP contribution is -2.18. The van der Waals surface area contributed by atoms with E-state index in [0.29, 0.717) is 30.6 Å². The van der Waals surface area contributed by atoms with Gasteiger partial charge in [-0.05, 0) is 70.4 Å². The fourth-order valence-corrected chi connectivity index (χ4v) is 3.91.